The molecule has 1 aromatic carbocycles. The summed E-state index contributed by atoms with van der Waals surface area (Å²) in [6, 6.07) is 9.23. The topological polar surface area (TPSA) is 81.5 Å². The number of carbonyl (C=O) groups is 1. The number of benzene rings is 1. The lowest BCUT2D eigenvalue weighted by Crippen LogP contribution is -2.42. The molecule has 0 N–H and O–H groups in total. The SMILES string of the molecule is CCOC(=O)C1CCCN(S(=O)(=O)c2cn(C)nc2-c2ccccc2)C1. The minimum absolute atomic E-state index is 0.143. The van der Waals surface area contributed by atoms with Gasteiger partial charge in [-0.25, -0.2) is 8.42 Å². The van der Waals surface area contributed by atoms with Crippen molar-refractivity contribution >= 4 is 16.0 Å². The first-order chi connectivity index (χ1) is 12.4. The molecule has 3 rings (SSSR count). The van der Waals surface area contributed by atoms with Crippen molar-refractivity contribution in [2.45, 2.75) is 24.7 Å². The molecule has 0 spiro atoms. The summed E-state index contributed by atoms with van der Waals surface area (Å²) in [5.41, 5.74) is 1.16. The number of esters is 1. The van der Waals surface area contributed by atoms with Crippen molar-refractivity contribution in [2.24, 2.45) is 13.0 Å². The summed E-state index contributed by atoms with van der Waals surface area (Å²) in [6.45, 7) is 2.57. The maximum absolute atomic E-state index is 13.2. The molecule has 0 amide bonds. The Labute approximate surface area is 153 Å². The number of aryl methyl sites for hydroxylation is 1. The lowest BCUT2D eigenvalue weighted by atomic mass is 10.0. The van der Waals surface area contributed by atoms with Crippen LogP contribution in [0.3, 0.4) is 0 Å². The van der Waals surface area contributed by atoms with Gasteiger partial charge < -0.3 is 4.74 Å². The van der Waals surface area contributed by atoms with Crippen LogP contribution >= 0.6 is 0 Å². The summed E-state index contributed by atoms with van der Waals surface area (Å²) in [6.07, 6.45) is 2.79. The number of sulfonamides is 1. The van der Waals surface area contributed by atoms with Crippen LogP contribution in [0, 0.1) is 5.92 Å². The molecule has 0 radical (unpaired) electrons. The zero-order valence-electron chi connectivity index (χ0n) is 15.0. The van der Waals surface area contributed by atoms with Crippen LogP contribution in [0.1, 0.15) is 19.8 Å². The van der Waals surface area contributed by atoms with Crippen LogP contribution in [0.4, 0.5) is 0 Å². The summed E-state index contributed by atoms with van der Waals surface area (Å²) >= 11 is 0. The Bertz CT molecular complexity index is 877. The van der Waals surface area contributed by atoms with E-state index >= 15 is 0 Å². The number of piperidine rings is 1. The normalized spacial score (nSPS) is 18.6. The molecule has 2 aromatic rings. The second-order valence-electron chi connectivity index (χ2n) is 6.34. The predicted octanol–water partition coefficient (Wildman–Crippen LogP) is 2.05. The summed E-state index contributed by atoms with van der Waals surface area (Å²) < 4.78 is 34.4. The highest BCUT2D eigenvalue weighted by Gasteiger charge is 2.36. The van der Waals surface area contributed by atoms with Crippen molar-refractivity contribution in [1.82, 2.24) is 14.1 Å². The van der Waals surface area contributed by atoms with Crippen LogP contribution in [0.5, 0.6) is 0 Å². The van der Waals surface area contributed by atoms with Gasteiger partial charge in [0.2, 0.25) is 10.0 Å². The second-order valence-corrected chi connectivity index (χ2v) is 8.24. The van der Waals surface area contributed by atoms with Gasteiger partial charge >= 0.3 is 5.97 Å². The number of hydrogen-bond acceptors (Lipinski definition) is 5. The molecule has 0 bridgehead atoms. The Morgan fingerprint density at radius 2 is 2.04 bits per heavy atom. The molecule has 1 fully saturated rings. The van der Waals surface area contributed by atoms with Crippen LogP contribution in [-0.4, -0.2) is 48.2 Å². The number of hydrogen-bond donors (Lipinski definition) is 0. The first-order valence-corrected chi connectivity index (χ1v) is 10.1. The second kappa shape index (κ2) is 7.59. The van der Waals surface area contributed by atoms with Crippen LogP contribution in [-0.2, 0) is 26.6 Å². The highest BCUT2D eigenvalue weighted by molar-refractivity contribution is 7.89. The first kappa shape index (κ1) is 18.6. The lowest BCUT2D eigenvalue weighted by molar-refractivity contribution is -0.149. The fourth-order valence-electron chi connectivity index (χ4n) is 3.20. The van der Waals surface area contributed by atoms with E-state index in [-0.39, 0.29) is 17.4 Å². The molecule has 0 aliphatic carbocycles. The Morgan fingerprint density at radius 3 is 2.73 bits per heavy atom. The van der Waals surface area contributed by atoms with Crippen molar-refractivity contribution < 1.29 is 17.9 Å². The average Bonchev–Trinajstić information content (AvgIpc) is 3.05. The molecular formula is C18H23N3O4S. The van der Waals surface area contributed by atoms with E-state index in [0.29, 0.717) is 31.7 Å². The van der Waals surface area contributed by atoms with E-state index < -0.39 is 15.9 Å². The smallest absolute Gasteiger partial charge is 0.310 e. The number of aromatic nitrogens is 2. The van der Waals surface area contributed by atoms with Crippen molar-refractivity contribution in [1.29, 1.82) is 0 Å². The highest BCUT2D eigenvalue weighted by Crippen LogP contribution is 2.30. The van der Waals surface area contributed by atoms with Gasteiger partial charge in [-0.15, -0.1) is 0 Å². The predicted molar refractivity (Wildman–Crippen MR) is 96.8 cm³/mol. The largest absolute Gasteiger partial charge is 0.466 e. The lowest BCUT2D eigenvalue weighted by Gasteiger charge is -2.30. The molecule has 1 saturated heterocycles. The summed E-state index contributed by atoms with van der Waals surface area (Å²) in [7, 11) is -2.06. The number of rotatable bonds is 5. The Hall–Kier alpha value is -2.19. The minimum atomic E-state index is -3.76. The molecule has 1 aromatic heterocycles. The van der Waals surface area contributed by atoms with Gasteiger partial charge in [-0.3, -0.25) is 9.48 Å². The fourth-order valence-corrected chi connectivity index (χ4v) is 4.92. The molecule has 140 valence electrons. The number of nitrogens with zero attached hydrogens (tertiary/aromatic N) is 3. The van der Waals surface area contributed by atoms with E-state index in [2.05, 4.69) is 5.10 Å². The van der Waals surface area contributed by atoms with Crippen molar-refractivity contribution in [3.63, 3.8) is 0 Å². The molecule has 7 nitrogen and oxygen atoms in total. The molecule has 8 heteroatoms. The van der Waals surface area contributed by atoms with E-state index in [1.54, 1.807) is 14.0 Å². The maximum Gasteiger partial charge on any atom is 0.310 e. The molecular weight excluding hydrogens is 354 g/mol. The van der Waals surface area contributed by atoms with E-state index in [0.717, 1.165) is 5.56 Å². The van der Waals surface area contributed by atoms with Crippen LogP contribution in [0.25, 0.3) is 11.3 Å². The first-order valence-electron chi connectivity index (χ1n) is 8.69. The van der Waals surface area contributed by atoms with Crippen LogP contribution in [0.15, 0.2) is 41.4 Å². The van der Waals surface area contributed by atoms with E-state index in [4.69, 9.17) is 4.74 Å². The number of ether oxygens (including phenoxy) is 1. The third kappa shape index (κ3) is 3.66. The molecule has 0 saturated carbocycles. The molecule has 1 aliphatic heterocycles. The maximum atomic E-state index is 13.2. The van der Waals surface area contributed by atoms with Gasteiger partial charge in [0.25, 0.3) is 0 Å². The number of carbonyl (C=O) groups excluding carboxylic acids is 1. The summed E-state index contributed by atoms with van der Waals surface area (Å²) in [5, 5.41) is 4.34. The molecule has 26 heavy (non-hydrogen) atoms. The monoisotopic (exact) mass is 377 g/mol. The van der Waals surface area contributed by atoms with E-state index in [1.165, 1.54) is 15.2 Å². The van der Waals surface area contributed by atoms with Crippen molar-refractivity contribution in [3.05, 3.63) is 36.5 Å². The van der Waals surface area contributed by atoms with Gasteiger partial charge in [0.1, 0.15) is 10.6 Å². The fraction of sp³-hybridized carbons (Fsp3) is 0.444. The van der Waals surface area contributed by atoms with Gasteiger partial charge in [0.15, 0.2) is 0 Å². The zero-order chi connectivity index (χ0) is 18.7. The van der Waals surface area contributed by atoms with E-state index in [9.17, 15) is 13.2 Å². The third-order valence-corrected chi connectivity index (χ3v) is 6.33. The third-order valence-electron chi connectivity index (χ3n) is 4.46. The minimum Gasteiger partial charge on any atom is -0.466 e. The standard InChI is InChI=1S/C18H23N3O4S/c1-3-25-18(22)15-10-7-11-21(12-15)26(23,24)16-13-20(2)19-17(16)14-8-5-4-6-9-14/h4-6,8-9,13,15H,3,7,10-12H2,1-2H3. The Balaban J connectivity index is 1.93. The van der Waals surface area contributed by atoms with Crippen LogP contribution in [0.2, 0.25) is 0 Å². The van der Waals surface area contributed by atoms with E-state index in [1.807, 2.05) is 30.3 Å². The van der Waals surface area contributed by atoms with Crippen molar-refractivity contribution in [2.75, 3.05) is 19.7 Å². The molecule has 2 heterocycles. The average molecular weight is 377 g/mol. The zero-order valence-corrected chi connectivity index (χ0v) is 15.8. The quantitative estimate of drug-likeness (QED) is 0.745. The van der Waals surface area contributed by atoms with Gasteiger partial charge in [-0.2, -0.15) is 9.40 Å². The van der Waals surface area contributed by atoms with Crippen molar-refractivity contribution in [3.8, 4) is 11.3 Å². The summed E-state index contributed by atoms with van der Waals surface area (Å²) in [4.78, 5) is 12.2. The Kier molecular flexibility index (Phi) is 5.43. The van der Waals surface area contributed by atoms with Gasteiger partial charge in [0, 0.05) is 31.9 Å². The van der Waals surface area contributed by atoms with Gasteiger partial charge in [0.05, 0.1) is 12.5 Å². The Morgan fingerprint density at radius 1 is 1.31 bits per heavy atom. The molecule has 1 aliphatic rings. The highest BCUT2D eigenvalue weighted by atomic mass is 32.2. The van der Waals surface area contributed by atoms with Gasteiger partial charge in [-0.1, -0.05) is 30.3 Å². The molecule has 1 atom stereocenters. The van der Waals surface area contributed by atoms with Gasteiger partial charge in [-0.05, 0) is 19.8 Å². The van der Waals surface area contributed by atoms with Crippen LogP contribution < -0.4 is 0 Å². The summed E-state index contributed by atoms with van der Waals surface area (Å²) in [5.74, 6) is -0.753. The molecule has 1 unspecified atom stereocenters.